The maximum Gasteiger partial charge on any atom is 0.330 e. The van der Waals surface area contributed by atoms with E-state index in [2.05, 4.69) is 0 Å². The minimum absolute atomic E-state index is 0.315. The van der Waals surface area contributed by atoms with Gasteiger partial charge in [0.25, 0.3) is 5.56 Å². The normalized spacial score (nSPS) is 11.1. The Morgan fingerprint density at radius 1 is 0.893 bits per heavy atom. The molecule has 4 rings (SSSR count). The monoisotopic (exact) mass is 375 g/mol. The number of hydrogen-bond acceptors (Lipinski definition) is 3. The number of benzene rings is 2. The zero-order valence-corrected chi connectivity index (χ0v) is 16.0. The highest BCUT2D eigenvalue weighted by atomic mass is 16.5. The molecule has 0 bridgehead atoms. The maximum atomic E-state index is 13.1. The van der Waals surface area contributed by atoms with Crippen molar-refractivity contribution in [1.82, 2.24) is 13.7 Å². The molecule has 0 unspecified atom stereocenters. The van der Waals surface area contributed by atoms with Crippen LogP contribution in [0, 0.1) is 0 Å². The van der Waals surface area contributed by atoms with E-state index in [0.29, 0.717) is 23.3 Å². The highest BCUT2D eigenvalue weighted by Gasteiger charge is 2.21. The van der Waals surface area contributed by atoms with Gasteiger partial charge in [0.2, 0.25) is 0 Å². The van der Waals surface area contributed by atoms with Crippen LogP contribution in [0.25, 0.3) is 27.8 Å². The quantitative estimate of drug-likeness (QED) is 0.551. The molecule has 2 aromatic carbocycles. The molecule has 0 aliphatic rings. The predicted octanol–water partition coefficient (Wildman–Crippen LogP) is 3.09. The standard InChI is InChI=1S/C22H21N3O3/c1-4-28-18-13-9-8-12-16(18)25-14-17-19(20(25)15-10-6-5-7-11-15)21(26)24(3)22(27)23(17)2/h5-14H,4H2,1-3H3. The van der Waals surface area contributed by atoms with Crippen LogP contribution in [0.1, 0.15) is 6.92 Å². The predicted molar refractivity (Wildman–Crippen MR) is 110 cm³/mol. The average molecular weight is 375 g/mol. The molecule has 2 aromatic heterocycles. The number of aromatic nitrogens is 3. The van der Waals surface area contributed by atoms with Gasteiger partial charge in [-0.2, -0.15) is 0 Å². The van der Waals surface area contributed by atoms with Gasteiger partial charge in [-0.1, -0.05) is 42.5 Å². The molecule has 142 valence electrons. The number of nitrogens with zero attached hydrogens (tertiary/aromatic N) is 3. The molecule has 0 amide bonds. The van der Waals surface area contributed by atoms with Gasteiger partial charge in [-0.15, -0.1) is 0 Å². The SMILES string of the molecule is CCOc1ccccc1-n1cc2c(c1-c1ccccc1)c(=O)n(C)c(=O)n2C. The molecule has 0 aliphatic heterocycles. The molecule has 2 heterocycles. The fraction of sp³-hybridized carbons (Fsp3) is 0.182. The van der Waals surface area contributed by atoms with E-state index in [1.165, 1.54) is 11.6 Å². The summed E-state index contributed by atoms with van der Waals surface area (Å²) in [6, 6.07) is 17.4. The lowest BCUT2D eigenvalue weighted by Crippen LogP contribution is -2.36. The summed E-state index contributed by atoms with van der Waals surface area (Å²) in [5.41, 5.74) is 2.35. The molecular formula is C22H21N3O3. The molecule has 0 spiro atoms. The van der Waals surface area contributed by atoms with E-state index in [1.807, 2.05) is 72.3 Å². The summed E-state index contributed by atoms with van der Waals surface area (Å²) in [4.78, 5) is 25.5. The second-order valence-corrected chi connectivity index (χ2v) is 6.58. The third-order valence-electron chi connectivity index (χ3n) is 4.91. The smallest absolute Gasteiger partial charge is 0.330 e. The summed E-state index contributed by atoms with van der Waals surface area (Å²) in [5, 5.41) is 0.502. The molecular weight excluding hydrogens is 354 g/mol. The molecule has 28 heavy (non-hydrogen) atoms. The van der Waals surface area contributed by atoms with Crippen molar-refractivity contribution < 1.29 is 4.74 Å². The van der Waals surface area contributed by atoms with Gasteiger partial charge < -0.3 is 9.30 Å². The minimum Gasteiger partial charge on any atom is -0.492 e. The molecule has 0 saturated heterocycles. The lowest BCUT2D eigenvalue weighted by atomic mass is 10.1. The fourth-order valence-electron chi connectivity index (χ4n) is 3.54. The van der Waals surface area contributed by atoms with Crippen LogP contribution in [0.3, 0.4) is 0 Å². The molecule has 4 aromatic rings. The van der Waals surface area contributed by atoms with Crippen molar-refractivity contribution in [2.45, 2.75) is 6.92 Å². The van der Waals surface area contributed by atoms with Crippen LogP contribution in [-0.4, -0.2) is 20.3 Å². The lowest BCUT2D eigenvalue weighted by Gasteiger charge is -2.14. The molecule has 0 saturated carbocycles. The van der Waals surface area contributed by atoms with E-state index in [1.54, 1.807) is 7.05 Å². The van der Waals surface area contributed by atoms with Crippen molar-refractivity contribution in [2.24, 2.45) is 14.1 Å². The van der Waals surface area contributed by atoms with Crippen molar-refractivity contribution in [3.05, 3.63) is 81.6 Å². The Hall–Kier alpha value is -3.54. The number of hydrogen-bond donors (Lipinski definition) is 0. The Balaban J connectivity index is 2.20. The Kier molecular flexibility index (Phi) is 4.39. The van der Waals surface area contributed by atoms with Gasteiger partial charge in [0, 0.05) is 20.3 Å². The number of aryl methyl sites for hydroxylation is 1. The van der Waals surface area contributed by atoms with Crippen LogP contribution in [0.5, 0.6) is 5.75 Å². The van der Waals surface area contributed by atoms with Gasteiger partial charge in [0.05, 0.1) is 28.9 Å². The summed E-state index contributed by atoms with van der Waals surface area (Å²) in [6.07, 6.45) is 1.83. The summed E-state index contributed by atoms with van der Waals surface area (Å²) in [7, 11) is 3.18. The largest absolute Gasteiger partial charge is 0.492 e. The molecule has 0 N–H and O–H groups in total. The minimum atomic E-state index is -0.354. The van der Waals surface area contributed by atoms with Gasteiger partial charge in [0.15, 0.2) is 0 Å². The molecule has 0 radical (unpaired) electrons. The van der Waals surface area contributed by atoms with Crippen LogP contribution in [0.4, 0.5) is 0 Å². The maximum absolute atomic E-state index is 13.1. The van der Waals surface area contributed by atoms with Gasteiger partial charge in [-0.05, 0) is 24.6 Å². The first-order valence-corrected chi connectivity index (χ1v) is 9.13. The van der Waals surface area contributed by atoms with E-state index in [4.69, 9.17) is 4.74 Å². The van der Waals surface area contributed by atoms with Crippen molar-refractivity contribution in [3.63, 3.8) is 0 Å². The zero-order chi connectivity index (χ0) is 19.8. The van der Waals surface area contributed by atoms with Crippen LogP contribution < -0.4 is 16.0 Å². The number of ether oxygens (including phenoxy) is 1. The molecule has 0 aliphatic carbocycles. The van der Waals surface area contributed by atoms with Gasteiger partial charge in [-0.3, -0.25) is 13.9 Å². The number of rotatable bonds is 4. The Morgan fingerprint density at radius 2 is 1.57 bits per heavy atom. The van der Waals surface area contributed by atoms with Crippen molar-refractivity contribution in [2.75, 3.05) is 6.61 Å². The van der Waals surface area contributed by atoms with E-state index in [9.17, 15) is 9.59 Å². The summed E-state index contributed by atoms with van der Waals surface area (Å²) in [5.74, 6) is 0.712. The highest BCUT2D eigenvalue weighted by molar-refractivity contribution is 5.95. The average Bonchev–Trinajstić information content (AvgIpc) is 3.12. The first-order chi connectivity index (χ1) is 13.5. The van der Waals surface area contributed by atoms with E-state index in [0.717, 1.165) is 21.5 Å². The van der Waals surface area contributed by atoms with Crippen molar-refractivity contribution in [1.29, 1.82) is 0 Å². The molecule has 6 heteroatoms. The van der Waals surface area contributed by atoms with Gasteiger partial charge in [0.1, 0.15) is 5.75 Å². The van der Waals surface area contributed by atoms with Gasteiger partial charge >= 0.3 is 5.69 Å². The third kappa shape index (κ3) is 2.65. The van der Waals surface area contributed by atoms with Crippen molar-refractivity contribution in [3.8, 4) is 22.7 Å². The zero-order valence-electron chi connectivity index (χ0n) is 16.0. The number of para-hydroxylation sites is 2. The third-order valence-corrected chi connectivity index (χ3v) is 4.91. The van der Waals surface area contributed by atoms with E-state index < -0.39 is 0 Å². The lowest BCUT2D eigenvalue weighted by molar-refractivity contribution is 0.339. The second kappa shape index (κ2) is 6.88. The van der Waals surface area contributed by atoms with E-state index in [-0.39, 0.29) is 11.2 Å². The van der Waals surface area contributed by atoms with Crippen LogP contribution in [0.15, 0.2) is 70.4 Å². The first-order valence-electron chi connectivity index (χ1n) is 9.13. The summed E-state index contributed by atoms with van der Waals surface area (Å²) in [6.45, 7) is 2.46. The second-order valence-electron chi connectivity index (χ2n) is 6.58. The molecule has 0 fully saturated rings. The van der Waals surface area contributed by atoms with E-state index >= 15 is 0 Å². The highest BCUT2D eigenvalue weighted by Crippen LogP contribution is 2.34. The molecule has 0 atom stereocenters. The summed E-state index contributed by atoms with van der Waals surface area (Å²) < 4.78 is 10.4. The Bertz CT molecular complexity index is 1280. The fourth-order valence-corrected chi connectivity index (χ4v) is 3.54. The number of fused-ring (bicyclic) bond motifs is 1. The Labute approximate surface area is 161 Å². The van der Waals surface area contributed by atoms with Crippen LogP contribution in [0.2, 0.25) is 0 Å². The van der Waals surface area contributed by atoms with Crippen LogP contribution in [-0.2, 0) is 14.1 Å². The topological polar surface area (TPSA) is 58.2 Å². The summed E-state index contributed by atoms with van der Waals surface area (Å²) >= 11 is 0. The van der Waals surface area contributed by atoms with Crippen LogP contribution >= 0.6 is 0 Å². The molecule has 6 nitrogen and oxygen atoms in total. The first kappa shape index (κ1) is 17.9. The Morgan fingerprint density at radius 3 is 2.29 bits per heavy atom. The van der Waals surface area contributed by atoms with Crippen molar-refractivity contribution >= 4 is 10.9 Å². The van der Waals surface area contributed by atoms with Gasteiger partial charge in [-0.25, -0.2) is 4.79 Å².